The molecule has 1 fully saturated rings. The van der Waals surface area contributed by atoms with Crippen molar-refractivity contribution in [3.8, 4) is 0 Å². The summed E-state index contributed by atoms with van der Waals surface area (Å²) >= 11 is 0. The molecule has 8 heteroatoms. The molecule has 21 heavy (non-hydrogen) atoms. The first-order chi connectivity index (χ1) is 9.90. The molecule has 112 valence electrons. The quantitative estimate of drug-likeness (QED) is 0.649. The Bertz CT molecular complexity index is 604. The molecule has 1 aromatic carbocycles. The van der Waals surface area contributed by atoms with E-state index in [-0.39, 0.29) is 0 Å². The standard InChI is InChI=1S/C13H13FN2O5/c14-10-5-4-7(16(20)21)6-9(10)12(17)15-11-3-1-2-8(11)13(18)19/h4-6,8,11H,1-3H2,(H,15,17)(H,18,19). The van der Waals surface area contributed by atoms with Gasteiger partial charge in [-0.1, -0.05) is 6.42 Å². The normalized spacial score (nSPS) is 21.0. The van der Waals surface area contributed by atoms with E-state index in [1.165, 1.54) is 0 Å². The Morgan fingerprint density at radius 3 is 2.71 bits per heavy atom. The summed E-state index contributed by atoms with van der Waals surface area (Å²) in [6.07, 6.45) is 1.58. The van der Waals surface area contributed by atoms with Gasteiger partial charge < -0.3 is 10.4 Å². The fourth-order valence-electron chi connectivity index (χ4n) is 2.48. The van der Waals surface area contributed by atoms with E-state index < -0.39 is 45.8 Å². The highest BCUT2D eigenvalue weighted by Gasteiger charge is 2.34. The molecule has 2 unspecified atom stereocenters. The van der Waals surface area contributed by atoms with Crippen LogP contribution in [0.3, 0.4) is 0 Å². The number of nitrogens with zero attached hydrogens (tertiary/aromatic N) is 1. The molecule has 0 radical (unpaired) electrons. The average molecular weight is 296 g/mol. The third-order valence-corrected chi connectivity index (χ3v) is 3.56. The summed E-state index contributed by atoms with van der Waals surface area (Å²) in [7, 11) is 0. The number of carbonyl (C=O) groups excluding carboxylic acids is 1. The number of nitro benzene ring substituents is 1. The zero-order valence-corrected chi connectivity index (χ0v) is 10.9. The Morgan fingerprint density at radius 1 is 1.38 bits per heavy atom. The van der Waals surface area contributed by atoms with E-state index in [0.717, 1.165) is 18.2 Å². The number of rotatable bonds is 4. The van der Waals surface area contributed by atoms with Crippen LogP contribution in [0.2, 0.25) is 0 Å². The fourth-order valence-corrected chi connectivity index (χ4v) is 2.48. The van der Waals surface area contributed by atoms with Gasteiger partial charge >= 0.3 is 5.97 Å². The molecular weight excluding hydrogens is 283 g/mol. The molecule has 0 heterocycles. The zero-order valence-electron chi connectivity index (χ0n) is 10.9. The third-order valence-electron chi connectivity index (χ3n) is 3.56. The largest absolute Gasteiger partial charge is 0.481 e. The lowest BCUT2D eigenvalue weighted by molar-refractivity contribution is -0.384. The average Bonchev–Trinajstić information content (AvgIpc) is 2.87. The summed E-state index contributed by atoms with van der Waals surface area (Å²) in [6.45, 7) is 0. The van der Waals surface area contributed by atoms with Crippen molar-refractivity contribution in [3.63, 3.8) is 0 Å². The van der Waals surface area contributed by atoms with Gasteiger partial charge in [0.25, 0.3) is 11.6 Å². The predicted octanol–water partition coefficient (Wildman–Crippen LogP) is 1.72. The number of hydrogen-bond acceptors (Lipinski definition) is 4. The van der Waals surface area contributed by atoms with Gasteiger partial charge in [-0.3, -0.25) is 19.7 Å². The maximum absolute atomic E-state index is 13.6. The van der Waals surface area contributed by atoms with Crippen molar-refractivity contribution in [2.45, 2.75) is 25.3 Å². The molecule has 2 N–H and O–H groups in total. The summed E-state index contributed by atoms with van der Waals surface area (Å²) in [5.74, 6) is -3.45. The van der Waals surface area contributed by atoms with Crippen LogP contribution >= 0.6 is 0 Å². The van der Waals surface area contributed by atoms with Crippen LogP contribution in [-0.4, -0.2) is 27.9 Å². The molecule has 0 saturated heterocycles. The van der Waals surface area contributed by atoms with Gasteiger partial charge in [-0.15, -0.1) is 0 Å². The van der Waals surface area contributed by atoms with Crippen molar-refractivity contribution in [2.75, 3.05) is 0 Å². The monoisotopic (exact) mass is 296 g/mol. The van der Waals surface area contributed by atoms with Gasteiger partial charge in [-0.25, -0.2) is 4.39 Å². The van der Waals surface area contributed by atoms with Gasteiger partial charge in [0.2, 0.25) is 0 Å². The molecule has 0 aromatic heterocycles. The third kappa shape index (κ3) is 3.15. The second-order valence-electron chi connectivity index (χ2n) is 4.88. The highest BCUT2D eigenvalue weighted by molar-refractivity contribution is 5.95. The molecule has 0 aliphatic heterocycles. The fraction of sp³-hybridized carbons (Fsp3) is 0.385. The van der Waals surface area contributed by atoms with Crippen LogP contribution in [-0.2, 0) is 4.79 Å². The van der Waals surface area contributed by atoms with Crippen molar-refractivity contribution in [1.82, 2.24) is 5.32 Å². The molecule has 2 rings (SSSR count). The van der Waals surface area contributed by atoms with E-state index in [1.807, 2.05) is 0 Å². The van der Waals surface area contributed by atoms with Crippen LogP contribution in [0, 0.1) is 21.8 Å². The van der Waals surface area contributed by atoms with Gasteiger partial charge in [-0.05, 0) is 18.9 Å². The van der Waals surface area contributed by atoms with Crippen LogP contribution in [0.5, 0.6) is 0 Å². The minimum atomic E-state index is -1.02. The minimum Gasteiger partial charge on any atom is -0.481 e. The summed E-state index contributed by atoms with van der Waals surface area (Å²) in [5.41, 5.74) is -0.858. The number of nitrogens with one attached hydrogen (secondary N) is 1. The smallest absolute Gasteiger partial charge is 0.308 e. The maximum Gasteiger partial charge on any atom is 0.308 e. The SMILES string of the molecule is O=C(NC1CCCC1C(=O)O)c1cc([N+](=O)[O-])ccc1F. The molecule has 7 nitrogen and oxygen atoms in total. The second-order valence-corrected chi connectivity index (χ2v) is 4.88. The first-order valence-corrected chi connectivity index (χ1v) is 6.37. The first kappa shape index (κ1) is 14.9. The number of amides is 1. The Hall–Kier alpha value is -2.51. The lowest BCUT2D eigenvalue weighted by atomic mass is 10.0. The van der Waals surface area contributed by atoms with Crippen LogP contribution in [0.1, 0.15) is 29.6 Å². The van der Waals surface area contributed by atoms with E-state index in [2.05, 4.69) is 5.32 Å². The molecule has 1 aliphatic carbocycles. The Labute approximate surface area is 118 Å². The van der Waals surface area contributed by atoms with Crippen molar-refractivity contribution in [1.29, 1.82) is 0 Å². The van der Waals surface area contributed by atoms with Crippen molar-refractivity contribution in [3.05, 3.63) is 39.7 Å². The first-order valence-electron chi connectivity index (χ1n) is 6.37. The van der Waals surface area contributed by atoms with Gasteiger partial charge in [0.1, 0.15) is 5.82 Å². The molecule has 1 amide bonds. The minimum absolute atomic E-state index is 0.400. The number of carboxylic acid groups (broad SMARTS) is 1. The number of aliphatic carboxylic acids is 1. The molecule has 1 aliphatic rings. The Morgan fingerprint density at radius 2 is 2.10 bits per heavy atom. The Kier molecular flexibility index (Phi) is 4.15. The summed E-state index contributed by atoms with van der Waals surface area (Å²) in [4.78, 5) is 32.9. The number of carboxylic acids is 1. The number of non-ortho nitro benzene ring substituents is 1. The van der Waals surface area contributed by atoms with Crippen LogP contribution in [0.25, 0.3) is 0 Å². The van der Waals surface area contributed by atoms with Crippen molar-refractivity contribution >= 4 is 17.6 Å². The van der Waals surface area contributed by atoms with Gasteiger partial charge in [0.15, 0.2) is 0 Å². The number of hydrogen-bond donors (Lipinski definition) is 2. The van der Waals surface area contributed by atoms with Gasteiger partial charge in [-0.2, -0.15) is 0 Å². The van der Waals surface area contributed by atoms with E-state index in [1.54, 1.807) is 0 Å². The predicted molar refractivity (Wildman–Crippen MR) is 69.3 cm³/mol. The van der Waals surface area contributed by atoms with E-state index in [9.17, 15) is 24.1 Å². The topological polar surface area (TPSA) is 110 Å². The van der Waals surface area contributed by atoms with Gasteiger partial charge in [0.05, 0.1) is 16.4 Å². The molecule has 1 aromatic rings. The maximum atomic E-state index is 13.6. The lowest BCUT2D eigenvalue weighted by Gasteiger charge is -2.17. The van der Waals surface area contributed by atoms with E-state index in [0.29, 0.717) is 19.3 Å². The number of benzene rings is 1. The highest BCUT2D eigenvalue weighted by atomic mass is 19.1. The van der Waals surface area contributed by atoms with E-state index in [4.69, 9.17) is 5.11 Å². The van der Waals surface area contributed by atoms with Crippen molar-refractivity contribution in [2.24, 2.45) is 5.92 Å². The Balaban J connectivity index is 2.18. The molecule has 1 saturated carbocycles. The molecule has 0 bridgehead atoms. The van der Waals surface area contributed by atoms with E-state index >= 15 is 0 Å². The number of halogens is 1. The van der Waals surface area contributed by atoms with Crippen molar-refractivity contribution < 1.29 is 24.0 Å². The number of carbonyl (C=O) groups is 2. The summed E-state index contributed by atoms with van der Waals surface area (Å²) in [5, 5.41) is 22.1. The summed E-state index contributed by atoms with van der Waals surface area (Å²) < 4.78 is 13.6. The second kappa shape index (κ2) is 5.86. The molecule has 0 spiro atoms. The lowest BCUT2D eigenvalue weighted by Crippen LogP contribution is -2.40. The molecular formula is C13H13FN2O5. The van der Waals surface area contributed by atoms with Crippen LogP contribution in [0.15, 0.2) is 18.2 Å². The summed E-state index contributed by atoms with van der Waals surface area (Å²) in [6, 6.07) is 2.06. The number of nitro groups is 1. The highest BCUT2D eigenvalue weighted by Crippen LogP contribution is 2.26. The zero-order chi connectivity index (χ0) is 15.6. The van der Waals surface area contributed by atoms with Crippen LogP contribution < -0.4 is 5.32 Å². The van der Waals surface area contributed by atoms with Crippen LogP contribution in [0.4, 0.5) is 10.1 Å². The molecule has 2 atom stereocenters. The van der Waals surface area contributed by atoms with Gasteiger partial charge in [0, 0.05) is 18.2 Å².